The summed E-state index contributed by atoms with van der Waals surface area (Å²) in [7, 11) is 0. The van der Waals surface area contributed by atoms with Crippen LogP contribution < -0.4 is 0 Å². The molecule has 5 heterocycles. The van der Waals surface area contributed by atoms with E-state index in [1.165, 1.54) is 28.6 Å². The van der Waals surface area contributed by atoms with Crippen LogP contribution in [0.25, 0.3) is 22.0 Å². The van der Waals surface area contributed by atoms with Crippen LogP contribution in [0.5, 0.6) is 0 Å². The van der Waals surface area contributed by atoms with Crippen molar-refractivity contribution in [3.05, 3.63) is 52.9 Å². The van der Waals surface area contributed by atoms with Crippen molar-refractivity contribution < 1.29 is 17.6 Å². The smallest absolute Gasteiger partial charge is 0.314 e. The fraction of sp³-hybridized carbons (Fsp3) is 0.409. The van der Waals surface area contributed by atoms with Gasteiger partial charge in [0.25, 0.3) is 5.89 Å². The minimum Gasteiger partial charge on any atom is -0.415 e. The third-order valence-electron chi connectivity index (χ3n) is 5.81. The molecular formula is C22H22F3N7OS. The zero-order chi connectivity index (χ0) is 23.7. The summed E-state index contributed by atoms with van der Waals surface area (Å²) in [6.07, 6.45) is 2.63. The molecule has 0 aliphatic carbocycles. The van der Waals surface area contributed by atoms with Crippen molar-refractivity contribution in [1.29, 1.82) is 0 Å². The van der Waals surface area contributed by atoms with E-state index in [9.17, 15) is 13.2 Å². The maximum Gasteiger partial charge on any atom is 0.314 e. The Hall–Kier alpha value is -3.12. The second-order valence-corrected chi connectivity index (χ2v) is 9.59. The van der Waals surface area contributed by atoms with Gasteiger partial charge in [0.05, 0.1) is 28.9 Å². The van der Waals surface area contributed by atoms with Gasteiger partial charge in [0.15, 0.2) is 0 Å². The first-order valence-electron chi connectivity index (χ1n) is 10.9. The Morgan fingerprint density at radius 1 is 1.15 bits per heavy atom. The highest BCUT2D eigenvalue weighted by atomic mass is 32.1. The lowest BCUT2D eigenvalue weighted by Crippen LogP contribution is -2.32. The summed E-state index contributed by atoms with van der Waals surface area (Å²) in [5.41, 5.74) is 0.958. The number of piperidine rings is 1. The first-order chi connectivity index (χ1) is 16.4. The zero-order valence-electron chi connectivity index (χ0n) is 18.4. The van der Waals surface area contributed by atoms with Gasteiger partial charge in [-0.05, 0) is 50.0 Å². The monoisotopic (exact) mass is 489 g/mol. The topological polar surface area (TPSA) is 85.8 Å². The molecule has 0 unspecified atom stereocenters. The second-order valence-electron chi connectivity index (χ2n) is 8.42. The van der Waals surface area contributed by atoms with E-state index >= 15 is 0 Å². The highest BCUT2D eigenvalue weighted by molar-refractivity contribution is 7.15. The molecule has 1 saturated heterocycles. The Morgan fingerprint density at radius 2 is 1.97 bits per heavy atom. The van der Waals surface area contributed by atoms with Gasteiger partial charge in [-0.2, -0.15) is 8.78 Å². The molecule has 0 atom stereocenters. The van der Waals surface area contributed by atoms with Crippen molar-refractivity contribution in [3.8, 4) is 22.0 Å². The summed E-state index contributed by atoms with van der Waals surface area (Å²) in [6.45, 7) is 5.56. The number of rotatable bonds is 7. The van der Waals surface area contributed by atoms with E-state index < -0.39 is 18.1 Å². The summed E-state index contributed by atoms with van der Waals surface area (Å²) >= 11 is 1.68. The van der Waals surface area contributed by atoms with Crippen LogP contribution in [0.4, 0.5) is 13.2 Å². The Balaban J connectivity index is 1.24. The summed E-state index contributed by atoms with van der Waals surface area (Å²) in [5.74, 6) is -0.876. The third kappa shape index (κ3) is 5.02. The third-order valence-corrected chi connectivity index (χ3v) is 6.90. The molecule has 12 heteroatoms. The molecule has 34 heavy (non-hydrogen) atoms. The molecule has 178 valence electrons. The van der Waals surface area contributed by atoms with Gasteiger partial charge in [0, 0.05) is 17.6 Å². The van der Waals surface area contributed by atoms with Crippen molar-refractivity contribution in [1.82, 2.24) is 35.1 Å². The molecule has 4 aromatic heterocycles. The molecule has 0 spiro atoms. The van der Waals surface area contributed by atoms with Gasteiger partial charge in [-0.1, -0.05) is 12.1 Å². The largest absolute Gasteiger partial charge is 0.415 e. The molecule has 4 aromatic rings. The maximum absolute atomic E-state index is 14.6. The van der Waals surface area contributed by atoms with Crippen molar-refractivity contribution in [2.24, 2.45) is 5.92 Å². The van der Waals surface area contributed by atoms with E-state index in [-0.39, 0.29) is 23.7 Å². The zero-order valence-corrected chi connectivity index (χ0v) is 19.2. The van der Waals surface area contributed by atoms with Crippen LogP contribution in [0, 0.1) is 11.7 Å². The van der Waals surface area contributed by atoms with Crippen molar-refractivity contribution in [2.45, 2.75) is 39.3 Å². The van der Waals surface area contributed by atoms with Gasteiger partial charge >= 0.3 is 6.43 Å². The van der Waals surface area contributed by atoms with Crippen LogP contribution in [0.1, 0.15) is 42.7 Å². The number of hydrogen-bond acceptors (Lipinski definition) is 8. The molecule has 0 radical (unpaired) electrons. The summed E-state index contributed by atoms with van der Waals surface area (Å²) in [6, 6.07) is 5.27. The van der Waals surface area contributed by atoms with Crippen LogP contribution >= 0.6 is 11.3 Å². The molecule has 1 fully saturated rings. The number of pyridine rings is 1. The number of hydrogen-bond donors (Lipinski definition) is 0. The molecule has 0 aromatic carbocycles. The van der Waals surface area contributed by atoms with E-state index in [0.717, 1.165) is 36.5 Å². The molecule has 8 nitrogen and oxygen atoms in total. The van der Waals surface area contributed by atoms with Gasteiger partial charge in [-0.15, -0.1) is 26.6 Å². The van der Waals surface area contributed by atoms with E-state index in [1.54, 1.807) is 17.5 Å². The lowest BCUT2D eigenvalue weighted by Gasteiger charge is -2.29. The number of halogens is 3. The first-order valence-corrected chi connectivity index (χ1v) is 11.7. The van der Waals surface area contributed by atoms with E-state index in [1.807, 2.05) is 6.07 Å². The number of aromatic nitrogens is 6. The first kappa shape index (κ1) is 22.7. The average Bonchev–Trinajstić information content (AvgIpc) is 3.57. The molecule has 1 aliphatic heterocycles. The van der Waals surface area contributed by atoms with Crippen LogP contribution in [0.2, 0.25) is 0 Å². The molecular weight excluding hydrogens is 467 g/mol. The van der Waals surface area contributed by atoms with Crippen LogP contribution in [0.15, 0.2) is 35.0 Å². The normalized spacial score (nSPS) is 15.4. The van der Waals surface area contributed by atoms with Gasteiger partial charge in [-0.25, -0.2) is 9.07 Å². The molecule has 0 amide bonds. The van der Waals surface area contributed by atoms with Gasteiger partial charge < -0.3 is 4.42 Å². The lowest BCUT2D eigenvalue weighted by molar-refractivity contribution is 0.116. The van der Waals surface area contributed by atoms with E-state index in [2.05, 4.69) is 43.4 Å². The van der Waals surface area contributed by atoms with E-state index in [0.29, 0.717) is 5.69 Å². The molecule has 1 aliphatic rings. The summed E-state index contributed by atoms with van der Waals surface area (Å²) in [5, 5.41) is 15.1. The Kier molecular flexibility index (Phi) is 6.42. The fourth-order valence-electron chi connectivity index (χ4n) is 3.82. The maximum atomic E-state index is 14.6. The van der Waals surface area contributed by atoms with Crippen molar-refractivity contribution in [2.75, 3.05) is 13.1 Å². The highest BCUT2D eigenvalue weighted by Gasteiger charge is 2.19. The number of alkyl halides is 2. The Bertz CT molecular complexity index is 1260. The fourth-order valence-corrected chi connectivity index (χ4v) is 4.82. The van der Waals surface area contributed by atoms with Crippen LogP contribution in [-0.2, 0) is 13.1 Å². The average molecular weight is 490 g/mol. The van der Waals surface area contributed by atoms with Crippen LogP contribution in [-0.4, -0.2) is 48.2 Å². The predicted octanol–water partition coefficient (Wildman–Crippen LogP) is 4.81. The highest BCUT2D eigenvalue weighted by Crippen LogP contribution is 2.29. The summed E-state index contributed by atoms with van der Waals surface area (Å²) < 4.78 is 46.2. The standard InChI is InChI=1S/C22H22F3N7OS/c1-13-4-6-31(7-5-13)10-15-2-3-19(34-15)18-12-32(30-27-18)11-17-16(23)8-14(9-26-17)21-28-29-22(33-21)20(24)25/h2-3,8-9,12-13,20H,4-7,10-11H2,1H3. The Labute approximate surface area is 197 Å². The van der Waals surface area contributed by atoms with Gasteiger partial charge in [0.2, 0.25) is 5.89 Å². The minimum atomic E-state index is -2.90. The Morgan fingerprint density at radius 3 is 2.71 bits per heavy atom. The molecule has 0 N–H and O–H groups in total. The SMILES string of the molecule is CC1CCN(Cc2ccc(-c3cn(Cc4ncc(-c5nnc(C(F)F)o5)cc4F)nn3)s2)CC1. The predicted molar refractivity (Wildman–Crippen MR) is 119 cm³/mol. The van der Waals surface area contributed by atoms with E-state index in [4.69, 9.17) is 4.42 Å². The number of nitrogens with zero attached hydrogens (tertiary/aromatic N) is 7. The van der Waals surface area contributed by atoms with Crippen molar-refractivity contribution in [3.63, 3.8) is 0 Å². The summed E-state index contributed by atoms with van der Waals surface area (Å²) in [4.78, 5) is 8.84. The lowest BCUT2D eigenvalue weighted by atomic mass is 9.99. The molecule has 5 rings (SSSR count). The number of likely N-dealkylation sites (tertiary alicyclic amines) is 1. The van der Waals surface area contributed by atoms with Crippen molar-refractivity contribution >= 4 is 11.3 Å². The van der Waals surface area contributed by atoms with Crippen LogP contribution in [0.3, 0.4) is 0 Å². The van der Waals surface area contributed by atoms with Gasteiger partial charge in [0.1, 0.15) is 11.5 Å². The van der Waals surface area contributed by atoms with Gasteiger partial charge in [-0.3, -0.25) is 9.88 Å². The number of thiophene rings is 1. The second kappa shape index (κ2) is 9.63. The quantitative estimate of drug-likeness (QED) is 0.368. The minimum absolute atomic E-state index is 0.0649. The molecule has 0 bridgehead atoms. The molecule has 0 saturated carbocycles.